The van der Waals surface area contributed by atoms with Gasteiger partial charge in [0, 0.05) is 32.2 Å². The maximum absolute atomic E-state index is 13.3. The Kier molecular flexibility index (Phi) is 7.29. The molecule has 2 aliphatic heterocycles. The monoisotopic (exact) mass is 378 g/mol. The zero-order valence-electron chi connectivity index (χ0n) is 16.3. The Hall–Kier alpha value is -1.86. The highest BCUT2D eigenvalue weighted by Crippen LogP contribution is 2.22. The minimum absolute atomic E-state index is 0.0679. The van der Waals surface area contributed by atoms with Gasteiger partial charge in [0.05, 0.1) is 19.3 Å². The van der Waals surface area contributed by atoms with Crippen LogP contribution in [0.3, 0.4) is 0 Å². The topological polar surface area (TPSA) is 58.1 Å². The molecule has 0 spiro atoms. The lowest BCUT2D eigenvalue weighted by molar-refractivity contribution is -0.0453. The summed E-state index contributed by atoms with van der Waals surface area (Å²) in [5.41, 5.74) is 0. The highest BCUT2D eigenvalue weighted by atomic mass is 19.1. The van der Waals surface area contributed by atoms with Gasteiger partial charge in [-0.3, -0.25) is 9.89 Å². The number of hydrogen-bond donors (Lipinski definition) is 2. The summed E-state index contributed by atoms with van der Waals surface area (Å²) in [6, 6.07) is 6.85. The molecule has 0 bridgehead atoms. The van der Waals surface area contributed by atoms with Gasteiger partial charge in [-0.25, -0.2) is 4.39 Å². The van der Waals surface area contributed by atoms with Crippen LogP contribution in [0.15, 0.2) is 29.3 Å². The zero-order chi connectivity index (χ0) is 19.1. The molecule has 2 fully saturated rings. The predicted octanol–water partition coefficient (Wildman–Crippen LogP) is 2.01. The Morgan fingerprint density at radius 3 is 3.11 bits per heavy atom. The van der Waals surface area contributed by atoms with Crippen LogP contribution in [0.4, 0.5) is 4.39 Å². The first-order chi connectivity index (χ1) is 13.2. The van der Waals surface area contributed by atoms with Gasteiger partial charge in [0.2, 0.25) is 0 Å². The summed E-state index contributed by atoms with van der Waals surface area (Å²) < 4.78 is 25.1. The number of nitrogens with zero attached hydrogens (tertiary/aromatic N) is 2. The van der Waals surface area contributed by atoms with E-state index in [-0.39, 0.29) is 18.0 Å². The lowest BCUT2D eigenvalue weighted by Gasteiger charge is -2.35. The highest BCUT2D eigenvalue weighted by Gasteiger charge is 2.32. The minimum Gasteiger partial charge on any atom is -0.489 e. The van der Waals surface area contributed by atoms with Gasteiger partial charge in [0.25, 0.3) is 0 Å². The molecule has 2 aliphatic rings. The molecule has 0 aliphatic carbocycles. The molecule has 3 unspecified atom stereocenters. The third kappa shape index (κ3) is 5.81. The summed E-state index contributed by atoms with van der Waals surface area (Å²) in [5, 5.41) is 6.64. The van der Waals surface area contributed by atoms with Gasteiger partial charge in [-0.15, -0.1) is 0 Å². The molecule has 27 heavy (non-hydrogen) atoms. The van der Waals surface area contributed by atoms with Crippen molar-refractivity contribution < 1.29 is 13.9 Å². The second-order valence-corrected chi connectivity index (χ2v) is 7.19. The van der Waals surface area contributed by atoms with Crippen LogP contribution in [0.25, 0.3) is 0 Å². The van der Waals surface area contributed by atoms with Gasteiger partial charge in [-0.2, -0.15) is 0 Å². The van der Waals surface area contributed by atoms with E-state index in [4.69, 9.17) is 9.47 Å². The lowest BCUT2D eigenvalue weighted by atomic mass is 10.2. The molecule has 0 aromatic heterocycles. The summed E-state index contributed by atoms with van der Waals surface area (Å²) in [5.74, 6) is 0.978. The van der Waals surface area contributed by atoms with Crippen LogP contribution in [0.5, 0.6) is 5.75 Å². The van der Waals surface area contributed by atoms with Crippen LogP contribution >= 0.6 is 0 Å². The van der Waals surface area contributed by atoms with Gasteiger partial charge in [0.15, 0.2) is 5.96 Å². The number of aliphatic imine (C=N–C) groups is 1. The molecule has 2 heterocycles. The molecule has 1 aromatic rings. The maximum Gasteiger partial charge on any atom is 0.191 e. The van der Waals surface area contributed by atoms with E-state index in [9.17, 15) is 4.39 Å². The van der Waals surface area contributed by atoms with E-state index in [1.165, 1.54) is 31.5 Å². The zero-order valence-corrected chi connectivity index (χ0v) is 16.3. The molecule has 0 amide bonds. The normalized spacial score (nSPS) is 24.3. The first-order valence-corrected chi connectivity index (χ1v) is 9.90. The number of guanidine groups is 1. The molecule has 3 rings (SSSR count). The molecule has 0 radical (unpaired) electrons. The van der Waals surface area contributed by atoms with Gasteiger partial charge < -0.3 is 20.1 Å². The van der Waals surface area contributed by atoms with E-state index >= 15 is 0 Å². The van der Waals surface area contributed by atoms with E-state index in [0.717, 1.165) is 32.1 Å². The van der Waals surface area contributed by atoms with E-state index in [1.54, 1.807) is 19.2 Å². The molecule has 2 saturated heterocycles. The molecule has 6 nitrogen and oxygen atoms in total. The molecule has 1 aromatic carbocycles. The second-order valence-electron chi connectivity index (χ2n) is 7.19. The van der Waals surface area contributed by atoms with E-state index in [2.05, 4.69) is 20.5 Å². The number of halogens is 1. The van der Waals surface area contributed by atoms with E-state index in [1.807, 2.05) is 6.92 Å². The predicted molar refractivity (Wildman–Crippen MR) is 105 cm³/mol. The first kappa shape index (κ1) is 19.9. The van der Waals surface area contributed by atoms with Crippen LogP contribution in [0, 0.1) is 5.82 Å². The van der Waals surface area contributed by atoms with Crippen LogP contribution in [0.2, 0.25) is 0 Å². The molecule has 2 N–H and O–H groups in total. The molecule has 3 atom stereocenters. The Bertz CT molecular complexity index is 628. The number of benzene rings is 1. The van der Waals surface area contributed by atoms with Crippen LogP contribution in [-0.2, 0) is 4.74 Å². The van der Waals surface area contributed by atoms with Crippen molar-refractivity contribution in [2.45, 2.75) is 44.4 Å². The number of fused-ring (bicyclic) bond motifs is 1. The lowest BCUT2D eigenvalue weighted by Crippen LogP contribution is -2.52. The largest absolute Gasteiger partial charge is 0.489 e. The number of nitrogens with one attached hydrogen (secondary N) is 2. The Labute approximate surface area is 161 Å². The average Bonchev–Trinajstić information content (AvgIpc) is 3.15. The highest BCUT2D eigenvalue weighted by molar-refractivity contribution is 5.79. The van der Waals surface area contributed by atoms with Crippen molar-refractivity contribution in [1.29, 1.82) is 0 Å². The summed E-state index contributed by atoms with van der Waals surface area (Å²) in [7, 11) is 1.75. The first-order valence-electron chi connectivity index (χ1n) is 9.90. The standard InChI is InChI=1S/C20H31FN4O2/c1-3-17(27-18-8-4-6-15(21)10-18)11-23-20(22-2)24-12-19-13-25-9-5-7-16(25)14-26-19/h4,6,8,10,16-17,19H,3,5,7,9,11-14H2,1-2H3,(H2,22,23,24). The Morgan fingerprint density at radius 2 is 2.33 bits per heavy atom. The number of rotatable bonds is 7. The van der Waals surface area contributed by atoms with Crippen molar-refractivity contribution in [3.05, 3.63) is 30.1 Å². The van der Waals surface area contributed by atoms with Gasteiger partial charge in [-0.1, -0.05) is 13.0 Å². The fourth-order valence-electron chi connectivity index (χ4n) is 3.65. The molecular weight excluding hydrogens is 347 g/mol. The number of morpholine rings is 1. The SMILES string of the molecule is CCC(CNC(=NC)NCC1CN2CCCC2CO1)Oc1cccc(F)c1. The third-order valence-corrected chi connectivity index (χ3v) is 5.23. The average molecular weight is 378 g/mol. The molecule has 0 saturated carbocycles. The van der Waals surface area contributed by atoms with Crippen molar-refractivity contribution in [1.82, 2.24) is 15.5 Å². The quantitative estimate of drug-likeness (QED) is 0.562. The number of ether oxygens (including phenoxy) is 2. The maximum atomic E-state index is 13.3. The molecule has 7 heteroatoms. The van der Waals surface area contributed by atoms with Crippen molar-refractivity contribution in [3.8, 4) is 5.75 Å². The van der Waals surface area contributed by atoms with E-state index in [0.29, 0.717) is 18.3 Å². The van der Waals surface area contributed by atoms with Crippen LogP contribution in [-0.4, -0.2) is 68.9 Å². The van der Waals surface area contributed by atoms with Crippen molar-refractivity contribution in [3.63, 3.8) is 0 Å². The summed E-state index contributed by atoms with van der Waals surface area (Å²) in [4.78, 5) is 6.81. The van der Waals surface area contributed by atoms with E-state index < -0.39 is 0 Å². The molecule has 150 valence electrons. The second kappa shape index (κ2) is 9.90. The molecular formula is C20H31FN4O2. The Morgan fingerprint density at radius 1 is 1.44 bits per heavy atom. The summed E-state index contributed by atoms with van der Waals surface area (Å²) in [6.45, 7) is 6.36. The number of hydrogen-bond acceptors (Lipinski definition) is 4. The van der Waals surface area contributed by atoms with Crippen LogP contribution in [0.1, 0.15) is 26.2 Å². The summed E-state index contributed by atoms with van der Waals surface area (Å²) >= 11 is 0. The fraction of sp³-hybridized carbons (Fsp3) is 0.650. The Balaban J connectivity index is 1.41. The van der Waals surface area contributed by atoms with Crippen molar-refractivity contribution >= 4 is 5.96 Å². The summed E-state index contributed by atoms with van der Waals surface area (Å²) in [6.07, 6.45) is 3.46. The van der Waals surface area contributed by atoms with Gasteiger partial charge >= 0.3 is 0 Å². The van der Waals surface area contributed by atoms with Gasteiger partial charge in [-0.05, 0) is 37.9 Å². The smallest absolute Gasteiger partial charge is 0.191 e. The minimum atomic E-state index is -0.291. The van der Waals surface area contributed by atoms with Crippen LogP contribution < -0.4 is 15.4 Å². The van der Waals surface area contributed by atoms with Crippen molar-refractivity contribution in [2.75, 3.05) is 39.8 Å². The third-order valence-electron chi connectivity index (χ3n) is 5.23. The van der Waals surface area contributed by atoms with Crippen molar-refractivity contribution in [2.24, 2.45) is 4.99 Å². The van der Waals surface area contributed by atoms with Gasteiger partial charge in [0.1, 0.15) is 17.7 Å². The fourth-order valence-corrected chi connectivity index (χ4v) is 3.65.